The van der Waals surface area contributed by atoms with Gasteiger partial charge in [0, 0.05) is 18.5 Å². The average Bonchev–Trinajstić information content (AvgIpc) is 3.08. The highest BCUT2D eigenvalue weighted by Gasteiger charge is 2.22. The maximum absolute atomic E-state index is 10.9. The molecule has 0 atom stereocenters. The standard InChI is InChI=1S/C15H17N3O2S/c1-21-9-7-13-12-6-8-16-14(12)18(17-13)11-4-2-10(3-5-11)15(19)20/h2-5,16H,6-9H2,1H3,(H,19,20). The molecule has 2 heterocycles. The number of hydrogen-bond acceptors (Lipinski definition) is 4. The summed E-state index contributed by atoms with van der Waals surface area (Å²) >= 11 is 1.82. The van der Waals surface area contributed by atoms with Crippen LogP contribution in [0.2, 0.25) is 0 Å². The number of aromatic nitrogens is 2. The number of fused-ring (bicyclic) bond motifs is 1. The fraction of sp³-hybridized carbons (Fsp3) is 0.333. The van der Waals surface area contributed by atoms with Crippen LogP contribution in [0.25, 0.3) is 5.69 Å². The summed E-state index contributed by atoms with van der Waals surface area (Å²) in [5.41, 5.74) is 3.62. The molecule has 1 aromatic heterocycles. The Bertz CT molecular complexity index is 664. The molecule has 0 saturated heterocycles. The third kappa shape index (κ3) is 2.63. The summed E-state index contributed by atoms with van der Waals surface area (Å²) in [4.78, 5) is 10.9. The van der Waals surface area contributed by atoms with Crippen molar-refractivity contribution >= 4 is 23.5 Å². The second-order valence-electron chi connectivity index (χ2n) is 4.96. The van der Waals surface area contributed by atoms with Gasteiger partial charge < -0.3 is 10.4 Å². The topological polar surface area (TPSA) is 67.2 Å². The number of aromatic carboxylic acids is 1. The van der Waals surface area contributed by atoms with Gasteiger partial charge >= 0.3 is 5.97 Å². The first-order valence-corrected chi connectivity index (χ1v) is 8.27. The molecule has 110 valence electrons. The molecule has 2 aromatic rings. The SMILES string of the molecule is CSCCc1nn(-c2ccc(C(=O)O)cc2)c2c1CCN2. The first kappa shape index (κ1) is 14.0. The van der Waals surface area contributed by atoms with Crippen LogP contribution in [0.4, 0.5) is 5.82 Å². The van der Waals surface area contributed by atoms with E-state index in [1.165, 1.54) is 5.56 Å². The number of carboxylic acid groups (broad SMARTS) is 1. The number of thioether (sulfide) groups is 1. The molecule has 3 rings (SSSR count). The smallest absolute Gasteiger partial charge is 0.335 e. The number of aryl methyl sites for hydroxylation is 1. The van der Waals surface area contributed by atoms with Gasteiger partial charge in [-0.2, -0.15) is 16.9 Å². The van der Waals surface area contributed by atoms with Crippen LogP contribution in [0.5, 0.6) is 0 Å². The summed E-state index contributed by atoms with van der Waals surface area (Å²) in [5.74, 6) is 1.20. The maximum Gasteiger partial charge on any atom is 0.335 e. The van der Waals surface area contributed by atoms with E-state index < -0.39 is 5.97 Å². The number of carboxylic acids is 1. The summed E-state index contributed by atoms with van der Waals surface area (Å²) in [6.07, 6.45) is 4.07. The summed E-state index contributed by atoms with van der Waals surface area (Å²) in [5, 5.41) is 17.1. The molecular formula is C15H17N3O2S. The van der Waals surface area contributed by atoms with Gasteiger partial charge in [-0.1, -0.05) is 0 Å². The molecule has 0 amide bonds. The van der Waals surface area contributed by atoms with Crippen LogP contribution in [0.1, 0.15) is 21.6 Å². The molecule has 1 aliphatic rings. The number of rotatable bonds is 5. The van der Waals surface area contributed by atoms with Gasteiger partial charge in [-0.05, 0) is 42.7 Å². The number of nitrogens with zero attached hydrogens (tertiary/aromatic N) is 2. The minimum absolute atomic E-state index is 0.290. The van der Waals surface area contributed by atoms with Crippen molar-refractivity contribution in [2.45, 2.75) is 12.8 Å². The number of nitrogens with one attached hydrogen (secondary N) is 1. The van der Waals surface area contributed by atoms with Gasteiger partial charge in [-0.25, -0.2) is 9.48 Å². The molecule has 0 radical (unpaired) electrons. The summed E-state index contributed by atoms with van der Waals surface area (Å²) in [6.45, 7) is 0.937. The van der Waals surface area contributed by atoms with Crippen LogP contribution < -0.4 is 5.32 Å². The Labute approximate surface area is 127 Å². The van der Waals surface area contributed by atoms with Crippen molar-refractivity contribution in [3.63, 3.8) is 0 Å². The van der Waals surface area contributed by atoms with Crippen molar-refractivity contribution in [1.82, 2.24) is 9.78 Å². The molecule has 0 fully saturated rings. The Morgan fingerprint density at radius 2 is 2.19 bits per heavy atom. The molecule has 0 unspecified atom stereocenters. The van der Waals surface area contributed by atoms with Crippen LogP contribution in [0, 0.1) is 0 Å². The summed E-state index contributed by atoms with van der Waals surface area (Å²) in [6, 6.07) is 6.83. The van der Waals surface area contributed by atoms with Gasteiger partial charge in [-0.3, -0.25) is 0 Å². The third-order valence-electron chi connectivity index (χ3n) is 3.64. The zero-order chi connectivity index (χ0) is 14.8. The predicted molar refractivity (Wildman–Crippen MR) is 84.8 cm³/mol. The molecule has 2 N–H and O–H groups in total. The van der Waals surface area contributed by atoms with Crippen molar-refractivity contribution in [2.75, 3.05) is 23.9 Å². The van der Waals surface area contributed by atoms with Crippen LogP contribution in [-0.2, 0) is 12.8 Å². The molecular weight excluding hydrogens is 286 g/mol. The first-order chi connectivity index (χ1) is 10.2. The Morgan fingerprint density at radius 3 is 2.86 bits per heavy atom. The molecule has 21 heavy (non-hydrogen) atoms. The van der Waals surface area contributed by atoms with E-state index >= 15 is 0 Å². The van der Waals surface area contributed by atoms with E-state index in [4.69, 9.17) is 10.2 Å². The van der Waals surface area contributed by atoms with Gasteiger partial charge in [-0.15, -0.1) is 0 Å². The molecule has 0 spiro atoms. The zero-order valence-electron chi connectivity index (χ0n) is 11.8. The Hall–Kier alpha value is -1.95. The Morgan fingerprint density at radius 1 is 1.43 bits per heavy atom. The maximum atomic E-state index is 10.9. The third-order valence-corrected chi connectivity index (χ3v) is 4.25. The van der Waals surface area contributed by atoms with Crippen LogP contribution >= 0.6 is 11.8 Å². The van der Waals surface area contributed by atoms with E-state index in [1.807, 2.05) is 16.4 Å². The van der Waals surface area contributed by atoms with Crippen LogP contribution in [0.3, 0.4) is 0 Å². The van der Waals surface area contributed by atoms with E-state index in [0.717, 1.165) is 42.3 Å². The second-order valence-corrected chi connectivity index (χ2v) is 5.94. The lowest BCUT2D eigenvalue weighted by atomic mass is 10.1. The largest absolute Gasteiger partial charge is 0.478 e. The van der Waals surface area contributed by atoms with Crippen LogP contribution in [0.15, 0.2) is 24.3 Å². The quantitative estimate of drug-likeness (QED) is 0.888. The van der Waals surface area contributed by atoms with Gasteiger partial charge in [0.2, 0.25) is 0 Å². The molecule has 6 heteroatoms. The normalized spacial score (nSPS) is 13.0. The van der Waals surface area contributed by atoms with E-state index in [1.54, 1.807) is 24.3 Å². The fourth-order valence-electron chi connectivity index (χ4n) is 2.58. The predicted octanol–water partition coefficient (Wildman–Crippen LogP) is 2.44. The molecule has 5 nitrogen and oxygen atoms in total. The highest BCUT2D eigenvalue weighted by atomic mass is 32.2. The lowest BCUT2D eigenvalue weighted by Crippen LogP contribution is -2.06. The number of benzene rings is 1. The Balaban J connectivity index is 1.96. The van der Waals surface area contributed by atoms with Gasteiger partial charge in [0.15, 0.2) is 0 Å². The zero-order valence-corrected chi connectivity index (χ0v) is 12.6. The number of hydrogen-bond donors (Lipinski definition) is 2. The van der Waals surface area contributed by atoms with Crippen LogP contribution in [-0.4, -0.2) is 39.4 Å². The van der Waals surface area contributed by atoms with Crippen molar-refractivity contribution < 1.29 is 9.90 Å². The summed E-state index contributed by atoms with van der Waals surface area (Å²) < 4.78 is 1.89. The van der Waals surface area contributed by atoms with Gasteiger partial charge in [0.05, 0.1) is 16.9 Å². The molecule has 0 aliphatic carbocycles. The molecule has 1 aromatic carbocycles. The summed E-state index contributed by atoms with van der Waals surface area (Å²) in [7, 11) is 0. The highest BCUT2D eigenvalue weighted by Crippen LogP contribution is 2.29. The number of carbonyl (C=O) groups is 1. The van der Waals surface area contributed by atoms with Crippen molar-refractivity contribution in [3.05, 3.63) is 41.1 Å². The minimum atomic E-state index is -0.911. The van der Waals surface area contributed by atoms with E-state index in [9.17, 15) is 4.79 Å². The van der Waals surface area contributed by atoms with E-state index in [-0.39, 0.29) is 5.56 Å². The monoisotopic (exact) mass is 303 g/mol. The van der Waals surface area contributed by atoms with E-state index in [2.05, 4.69) is 11.6 Å². The molecule has 0 saturated carbocycles. The minimum Gasteiger partial charge on any atom is -0.478 e. The second kappa shape index (κ2) is 5.81. The fourth-order valence-corrected chi connectivity index (χ4v) is 2.97. The van der Waals surface area contributed by atoms with Gasteiger partial charge in [0.25, 0.3) is 0 Å². The Kier molecular flexibility index (Phi) is 3.88. The van der Waals surface area contributed by atoms with Crippen molar-refractivity contribution in [1.29, 1.82) is 0 Å². The highest BCUT2D eigenvalue weighted by molar-refractivity contribution is 7.98. The van der Waals surface area contributed by atoms with Gasteiger partial charge in [0.1, 0.15) is 5.82 Å². The lowest BCUT2D eigenvalue weighted by Gasteiger charge is -2.06. The first-order valence-electron chi connectivity index (χ1n) is 6.88. The van der Waals surface area contributed by atoms with E-state index in [0.29, 0.717) is 0 Å². The average molecular weight is 303 g/mol. The van der Waals surface area contributed by atoms with Crippen molar-refractivity contribution in [2.24, 2.45) is 0 Å². The molecule has 0 bridgehead atoms. The van der Waals surface area contributed by atoms with Crippen molar-refractivity contribution in [3.8, 4) is 5.69 Å². The number of anilines is 1. The molecule has 1 aliphatic heterocycles. The lowest BCUT2D eigenvalue weighted by molar-refractivity contribution is 0.0697.